The number of benzene rings is 1. The van der Waals surface area contributed by atoms with E-state index in [1.165, 1.54) is 19.1 Å². The number of carbonyl (C=O) groups is 2. The highest BCUT2D eigenvalue weighted by atomic mass is 16.5. The zero-order chi connectivity index (χ0) is 18.4. The van der Waals surface area contributed by atoms with Crippen molar-refractivity contribution in [3.8, 4) is 11.5 Å². The van der Waals surface area contributed by atoms with Gasteiger partial charge >= 0.3 is 5.97 Å². The lowest BCUT2D eigenvalue weighted by molar-refractivity contribution is -0.137. The number of methoxy groups -OCH3 is 2. The smallest absolute Gasteiger partial charge is 0.305 e. The van der Waals surface area contributed by atoms with Crippen molar-refractivity contribution in [2.45, 2.75) is 32.3 Å². The van der Waals surface area contributed by atoms with Gasteiger partial charge in [0.05, 0.1) is 26.7 Å². The molecular formula is C18H25NO6. The van der Waals surface area contributed by atoms with Crippen LogP contribution in [0.2, 0.25) is 0 Å². The van der Waals surface area contributed by atoms with Crippen LogP contribution in [0.4, 0.5) is 0 Å². The first-order valence-corrected chi connectivity index (χ1v) is 8.31. The normalized spacial score (nSPS) is 16.5. The van der Waals surface area contributed by atoms with Crippen molar-refractivity contribution in [1.29, 1.82) is 0 Å². The van der Waals surface area contributed by atoms with Gasteiger partial charge in [0, 0.05) is 30.8 Å². The Hall–Kier alpha value is -2.28. The maximum Gasteiger partial charge on any atom is 0.305 e. The number of carboxylic acid groups (broad SMARTS) is 1. The van der Waals surface area contributed by atoms with Gasteiger partial charge in [-0.15, -0.1) is 0 Å². The molecule has 7 nitrogen and oxygen atoms in total. The van der Waals surface area contributed by atoms with E-state index >= 15 is 0 Å². The van der Waals surface area contributed by atoms with Crippen LogP contribution in [0.15, 0.2) is 12.1 Å². The fourth-order valence-electron chi connectivity index (χ4n) is 2.93. The molecule has 1 heterocycles. The molecule has 1 saturated heterocycles. The Morgan fingerprint density at radius 2 is 1.92 bits per heavy atom. The molecule has 1 aliphatic rings. The third kappa shape index (κ3) is 4.85. The van der Waals surface area contributed by atoms with Crippen LogP contribution in [0, 0.1) is 6.92 Å². The van der Waals surface area contributed by atoms with E-state index in [4.69, 9.17) is 19.3 Å². The summed E-state index contributed by atoms with van der Waals surface area (Å²) in [5, 5.41) is 8.97. The molecule has 0 spiro atoms. The van der Waals surface area contributed by atoms with Crippen LogP contribution in [-0.4, -0.2) is 61.9 Å². The van der Waals surface area contributed by atoms with Gasteiger partial charge in [-0.3, -0.25) is 9.59 Å². The number of carboxylic acids is 1. The summed E-state index contributed by atoms with van der Waals surface area (Å²) in [7, 11) is 3.06. The minimum atomic E-state index is -0.941. The van der Waals surface area contributed by atoms with Gasteiger partial charge in [0.25, 0.3) is 5.91 Å². The number of hydrogen-bond donors (Lipinski definition) is 1. The fraction of sp³-hybridized carbons (Fsp3) is 0.556. The second-order valence-electron chi connectivity index (χ2n) is 6.04. The topological polar surface area (TPSA) is 85.3 Å². The van der Waals surface area contributed by atoms with Crippen LogP contribution in [0.5, 0.6) is 11.5 Å². The minimum absolute atomic E-state index is 0.0491. The zero-order valence-corrected chi connectivity index (χ0v) is 14.9. The average molecular weight is 351 g/mol. The van der Waals surface area contributed by atoms with Crippen LogP contribution in [0.3, 0.4) is 0 Å². The van der Waals surface area contributed by atoms with Crippen molar-refractivity contribution in [3.63, 3.8) is 0 Å². The Kier molecular flexibility index (Phi) is 6.64. The van der Waals surface area contributed by atoms with E-state index in [0.717, 1.165) is 18.4 Å². The van der Waals surface area contributed by atoms with Gasteiger partial charge in [-0.05, 0) is 31.9 Å². The molecule has 1 N–H and O–H groups in total. The summed E-state index contributed by atoms with van der Waals surface area (Å²) in [5.74, 6) is -0.0893. The predicted octanol–water partition coefficient (Wildman–Crippen LogP) is 2.11. The van der Waals surface area contributed by atoms with Crippen LogP contribution in [-0.2, 0) is 9.53 Å². The summed E-state index contributed by atoms with van der Waals surface area (Å²) >= 11 is 0. The van der Waals surface area contributed by atoms with E-state index in [9.17, 15) is 9.59 Å². The Morgan fingerprint density at radius 1 is 1.28 bits per heavy atom. The molecule has 1 fully saturated rings. The van der Waals surface area contributed by atoms with Crippen molar-refractivity contribution >= 4 is 11.9 Å². The van der Waals surface area contributed by atoms with Crippen LogP contribution in [0.25, 0.3) is 0 Å². The molecule has 0 unspecified atom stereocenters. The lowest BCUT2D eigenvalue weighted by Crippen LogP contribution is -2.38. The molecule has 1 atom stereocenters. The Bertz CT molecular complexity index is 599. The van der Waals surface area contributed by atoms with Crippen molar-refractivity contribution in [2.24, 2.45) is 0 Å². The molecule has 1 aromatic rings. The third-order valence-corrected chi connectivity index (χ3v) is 4.33. The van der Waals surface area contributed by atoms with E-state index in [2.05, 4.69) is 0 Å². The SMILES string of the molecule is COc1cc(C(=O)N(CCC(=O)O)C[C@@H]2CCCO2)cc(OC)c1C. The summed E-state index contributed by atoms with van der Waals surface area (Å²) in [5.41, 5.74) is 1.21. The molecule has 1 amide bonds. The van der Waals surface area contributed by atoms with Crippen molar-refractivity contribution in [3.05, 3.63) is 23.3 Å². The predicted molar refractivity (Wildman–Crippen MR) is 91.4 cm³/mol. The van der Waals surface area contributed by atoms with E-state index in [0.29, 0.717) is 30.2 Å². The summed E-state index contributed by atoms with van der Waals surface area (Å²) in [6.45, 7) is 3.04. The van der Waals surface area contributed by atoms with Crippen molar-refractivity contribution < 1.29 is 28.9 Å². The van der Waals surface area contributed by atoms with Crippen LogP contribution < -0.4 is 9.47 Å². The van der Waals surface area contributed by atoms with Crippen molar-refractivity contribution in [1.82, 2.24) is 4.90 Å². The number of rotatable bonds is 8. The van der Waals surface area contributed by atoms with Gasteiger partial charge in [-0.1, -0.05) is 0 Å². The third-order valence-electron chi connectivity index (χ3n) is 4.33. The maximum atomic E-state index is 13.0. The maximum absolute atomic E-state index is 13.0. The molecule has 0 saturated carbocycles. The standard InChI is InChI=1S/C18H25NO6/c1-12-15(23-2)9-13(10-16(12)24-3)18(22)19(7-6-17(20)21)11-14-5-4-8-25-14/h9-10,14H,4-8,11H2,1-3H3,(H,20,21)/t14-/m0/s1. The molecule has 1 aromatic carbocycles. The number of hydrogen-bond acceptors (Lipinski definition) is 5. The fourth-order valence-corrected chi connectivity index (χ4v) is 2.93. The first-order valence-electron chi connectivity index (χ1n) is 8.31. The second kappa shape index (κ2) is 8.71. The summed E-state index contributed by atoms with van der Waals surface area (Å²) in [4.78, 5) is 25.4. The monoisotopic (exact) mass is 351 g/mol. The second-order valence-corrected chi connectivity index (χ2v) is 6.04. The first-order chi connectivity index (χ1) is 12.0. The van der Waals surface area contributed by atoms with Gasteiger partial charge in [0.1, 0.15) is 11.5 Å². The van der Waals surface area contributed by atoms with Gasteiger partial charge < -0.3 is 24.2 Å². The molecule has 138 valence electrons. The molecule has 7 heteroatoms. The lowest BCUT2D eigenvalue weighted by atomic mass is 10.1. The van der Waals surface area contributed by atoms with E-state index < -0.39 is 5.97 Å². The molecule has 25 heavy (non-hydrogen) atoms. The molecule has 0 aliphatic carbocycles. The van der Waals surface area contributed by atoms with Crippen LogP contribution in [0.1, 0.15) is 35.2 Å². The number of nitrogens with zero attached hydrogens (tertiary/aromatic N) is 1. The Labute approximate surface area is 147 Å². The summed E-state index contributed by atoms with van der Waals surface area (Å²) < 4.78 is 16.2. The lowest BCUT2D eigenvalue weighted by Gasteiger charge is -2.25. The van der Waals surface area contributed by atoms with Crippen LogP contribution >= 0.6 is 0 Å². The Morgan fingerprint density at radius 3 is 2.40 bits per heavy atom. The van der Waals surface area contributed by atoms with Gasteiger partial charge in [-0.2, -0.15) is 0 Å². The van der Waals surface area contributed by atoms with Gasteiger partial charge in [0.15, 0.2) is 0 Å². The summed E-state index contributed by atoms with van der Waals surface area (Å²) in [6, 6.07) is 3.31. The highest BCUT2D eigenvalue weighted by molar-refractivity contribution is 5.95. The molecule has 0 aromatic heterocycles. The van der Waals surface area contributed by atoms with Gasteiger partial charge in [-0.25, -0.2) is 0 Å². The highest BCUT2D eigenvalue weighted by Crippen LogP contribution is 2.30. The zero-order valence-electron chi connectivity index (χ0n) is 14.9. The number of aliphatic carboxylic acids is 1. The first kappa shape index (κ1) is 19.1. The molecule has 2 rings (SSSR count). The minimum Gasteiger partial charge on any atom is -0.496 e. The summed E-state index contributed by atoms with van der Waals surface area (Å²) in [6.07, 6.45) is 1.67. The highest BCUT2D eigenvalue weighted by Gasteiger charge is 2.25. The number of ether oxygens (including phenoxy) is 3. The largest absolute Gasteiger partial charge is 0.496 e. The number of amides is 1. The van der Waals surface area contributed by atoms with Crippen molar-refractivity contribution in [2.75, 3.05) is 33.9 Å². The Balaban J connectivity index is 2.25. The molecule has 0 radical (unpaired) electrons. The average Bonchev–Trinajstić information content (AvgIpc) is 3.11. The number of carbonyl (C=O) groups excluding carboxylic acids is 1. The van der Waals surface area contributed by atoms with E-state index in [-0.39, 0.29) is 25.0 Å². The van der Waals surface area contributed by atoms with E-state index in [1.54, 1.807) is 12.1 Å². The molecule has 1 aliphatic heterocycles. The quantitative estimate of drug-likeness (QED) is 0.772. The molecule has 0 bridgehead atoms. The van der Waals surface area contributed by atoms with E-state index in [1.807, 2.05) is 6.92 Å². The molecular weight excluding hydrogens is 326 g/mol. The van der Waals surface area contributed by atoms with Gasteiger partial charge in [0.2, 0.25) is 0 Å².